The van der Waals surface area contributed by atoms with Crippen molar-refractivity contribution >= 4 is 23.4 Å². The Bertz CT molecular complexity index is 554. The molecule has 2 aromatic heterocycles. The number of carbonyl (C=O) groups excluding carboxylic acids is 2. The van der Waals surface area contributed by atoms with Crippen LogP contribution in [-0.4, -0.2) is 22.3 Å². The minimum Gasteiger partial charge on any atom is -0.297 e. The highest BCUT2D eigenvalue weighted by Gasteiger charge is 2.18. The predicted molar refractivity (Wildman–Crippen MR) is 61.2 cm³/mol. The first-order valence-corrected chi connectivity index (χ1v) is 5.55. The zero-order chi connectivity index (χ0) is 11.7. The largest absolute Gasteiger partial charge is 0.297 e. The number of carbonyl (C=O) groups is 2. The molecule has 0 aliphatic rings. The highest BCUT2D eigenvalue weighted by Crippen LogP contribution is 2.23. The Labute approximate surface area is 96.3 Å². The zero-order valence-corrected chi connectivity index (χ0v) is 9.72. The van der Waals surface area contributed by atoms with E-state index in [0.717, 1.165) is 16.7 Å². The van der Waals surface area contributed by atoms with Gasteiger partial charge >= 0.3 is 0 Å². The van der Waals surface area contributed by atoms with E-state index >= 15 is 0 Å². The molecule has 0 saturated heterocycles. The molecule has 0 radical (unpaired) electrons. The van der Waals surface area contributed by atoms with Crippen molar-refractivity contribution in [2.24, 2.45) is 0 Å². The third-order valence-corrected chi connectivity index (χ3v) is 3.33. The number of thiophene rings is 1. The quantitative estimate of drug-likeness (QED) is 0.653. The fourth-order valence-electron chi connectivity index (χ4n) is 1.50. The van der Waals surface area contributed by atoms with Crippen LogP contribution >= 0.6 is 11.3 Å². The normalized spacial score (nSPS) is 10.4. The summed E-state index contributed by atoms with van der Waals surface area (Å²) < 4.78 is 0. The highest BCUT2D eigenvalue weighted by molar-refractivity contribution is 7.14. The van der Waals surface area contributed by atoms with E-state index in [1.807, 2.05) is 13.8 Å². The van der Waals surface area contributed by atoms with Crippen molar-refractivity contribution in [2.45, 2.75) is 13.8 Å². The van der Waals surface area contributed by atoms with Crippen LogP contribution in [0.1, 0.15) is 36.2 Å². The van der Waals surface area contributed by atoms with Gasteiger partial charge in [-0.15, -0.1) is 11.3 Å². The Morgan fingerprint density at radius 1 is 1.50 bits per heavy atom. The summed E-state index contributed by atoms with van der Waals surface area (Å²) in [6.07, 6.45) is 2.36. The van der Waals surface area contributed by atoms with E-state index in [0.29, 0.717) is 16.1 Å². The number of H-pyrrole nitrogens is 1. The second kappa shape index (κ2) is 4.02. The summed E-state index contributed by atoms with van der Waals surface area (Å²) >= 11 is 1.32. The molecule has 0 saturated carbocycles. The van der Waals surface area contributed by atoms with Crippen molar-refractivity contribution in [3.8, 4) is 0 Å². The molecule has 1 N–H and O–H groups in total. The van der Waals surface area contributed by atoms with Crippen LogP contribution in [0.2, 0.25) is 0 Å². The maximum Gasteiger partial charge on any atom is 0.212 e. The Balaban J connectivity index is 2.45. The summed E-state index contributed by atoms with van der Waals surface area (Å²) in [5, 5.41) is 6.49. The summed E-state index contributed by atoms with van der Waals surface area (Å²) in [6, 6.07) is 1.62. The number of aromatic amines is 1. The van der Waals surface area contributed by atoms with Crippen LogP contribution in [0.25, 0.3) is 0 Å². The van der Waals surface area contributed by atoms with E-state index in [-0.39, 0.29) is 5.78 Å². The van der Waals surface area contributed by atoms with Gasteiger partial charge in [0.05, 0.1) is 11.1 Å². The average molecular weight is 234 g/mol. The first kappa shape index (κ1) is 10.8. The third-order valence-electron chi connectivity index (χ3n) is 2.35. The van der Waals surface area contributed by atoms with E-state index in [2.05, 4.69) is 10.2 Å². The lowest BCUT2D eigenvalue weighted by molar-refractivity contribution is 0.103. The number of rotatable bonds is 3. The van der Waals surface area contributed by atoms with Crippen molar-refractivity contribution in [1.82, 2.24) is 10.2 Å². The molecule has 82 valence electrons. The Hall–Kier alpha value is -1.75. The van der Waals surface area contributed by atoms with E-state index in [1.165, 1.54) is 11.3 Å². The number of aldehydes is 1. The molecule has 0 atom stereocenters. The van der Waals surface area contributed by atoms with Gasteiger partial charge in [-0.2, -0.15) is 5.10 Å². The maximum absolute atomic E-state index is 12.1. The van der Waals surface area contributed by atoms with E-state index < -0.39 is 0 Å². The van der Waals surface area contributed by atoms with Crippen LogP contribution in [-0.2, 0) is 0 Å². The molecule has 5 heteroatoms. The van der Waals surface area contributed by atoms with Crippen molar-refractivity contribution in [3.63, 3.8) is 0 Å². The predicted octanol–water partition coefficient (Wildman–Crippen LogP) is 2.13. The van der Waals surface area contributed by atoms with Crippen molar-refractivity contribution in [3.05, 3.63) is 38.8 Å². The lowest BCUT2D eigenvalue weighted by atomic mass is 10.1. The van der Waals surface area contributed by atoms with Gasteiger partial charge in [0.25, 0.3) is 0 Å². The molecule has 0 unspecified atom stereocenters. The molecular formula is C11H10N2O2S. The maximum atomic E-state index is 12.1. The van der Waals surface area contributed by atoms with Gasteiger partial charge in [-0.05, 0) is 25.5 Å². The van der Waals surface area contributed by atoms with Gasteiger partial charge in [0.1, 0.15) is 5.69 Å². The summed E-state index contributed by atoms with van der Waals surface area (Å²) in [7, 11) is 0. The lowest BCUT2D eigenvalue weighted by Crippen LogP contribution is -2.03. The minimum atomic E-state index is -0.114. The Morgan fingerprint density at radius 3 is 2.75 bits per heavy atom. The van der Waals surface area contributed by atoms with Gasteiger partial charge in [-0.25, -0.2) is 0 Å². The average Bonchev–Trinajstić information content (AvgIpc) is 2.83. The fourth-order valence-corrected chi connectivity index (χ4v) is 2.34. The molecular weight excluding hydrogens is 224 g/mol. The molecule has 0 fully saturated rings. The molecule has 2 aromatic rings. The molecule has 0 amide bonds. The molecule has 4 nitrogen and oxygen atoms in total. The number of aryl methyl sites for hydroxylation is 2. The number of nitrogens with zero attached hydrogens (tertiary/aromatic N) is 1. The number of hydrogen-bond donors (Lipinski definition) is 1. The minimum absolute atomic E-state index is 0.114. The van der Waals surface area contributed by atoms with Crippen LogP contribution in [0.4, 0.5) is 0 Å². The Kier molecular flexibility index (Phi) is 2.70. The number of aromatic nitrogens is 2. The van der Waals surface area contributed by atoms with Crippen LogP contribution < -0.4 is 0 Å². The van der Waals surface area contributed by atoms with E-state index in [9.17, 15) is 9.59 Å². The van der Waals surface area contributed by atoms with Crippen molar-refractivity contribution in [2.75, 3.05) is 0 Å². The topological polar surface area (TPSA) is 62.8 Å². The molecule has 2 heterocycles. The standard InChI is InChI=1S/C11H10N2O2S/c1-6-4-12-13-10(6)11(15)9-3-8(5-14)16-7(9)2/h3-5H,1-2H3,(H,12,13). The van der Waals surface area contributed by atoms with E-state index in [4.69, 9.17) is 0 Å². The summed E-state index contributed by atoms with van der Waals surface area (Å²) in [5.41, 5.74) is 1.86. The summed E-state index contributed by atoms with van der Waals surface area (Å²) in [6.45, 7) is 3.65. The van der Waals surface area contributed by atoms with Crippen LogP contribution in [0, 0.1) is 13.8 Å². The highest BCUT2D eigenvalue weighted by atomic mass is 32.1. The van der Waals surface area contributed by atoms with Crippen molar-refractivity contribution in [1.29, 1.82) is 0 Å². The molecule has 0 aliphatic carbocycles. The second-order valence-electron chi connectivity index (χ2n) is 3.49. The van der Waals surface area contributed by atoms with E-state index in [1.54, 1.807) is 12.3 Å². The SMILES string of the molecule is Cc1cn[nH]c1C(=O)c1cc(C=O)sc1C. The second-order valence-corrected chi connectivity index (χ2v) is 4.78. The monoisotopic (exact) mass is 234 g/mol. The molecule has 0 bridgehead atoms. The summed E-state index contributed by atoms with van der Waals surface area (Å²) in [5.74, 6) is -0.114. The fraction of sp³-hybridized carbons (Fsp3) is 0.182. The van der Waals surface area contributed by atoms with Gasteiger partial charge in [-0.3, -0.25) is 14.7 Å². The molecule has 16 heavy (non-hydrogen) atoms. The van der Waals surface area contributed by atoms with Gasteiger partial charge in [-0.1, -0.05) is 0 Å². The Morgan fingerprint density at radius 2 is 2.25 bits per heavy atom. The van der Waals surface area contributed by atoms with Crippen LogP contribution in [0.15, 0.2) is 12.3 Å². The van der Waals surface area contributed by atoms with Crippen LogP contribution in [0.5, 0.6) is 0 Å². The molecule has 0 spiro atoms. The smallest absolute Gasteiger partial charge is 0.212 e. The summed E-state index contributed by atoms with van der Waals surface area (Å²) in [4.78, 5) is 24.1. The molecule has 2 rings (SSSR count). The number of nitrogens with one attached hydrogen (secondary N) is 1. The first-order valence-electron chi connectivity index (χ1n) is 4.73. The van der Waals surface area contributed by atoms with Gasteiger partial charge in [0.15, 0.2) is 6.29 Å². The van der Waals surface area contributed by atoms with Crippen molar-refractivity contribution < 1.29 is 9.59 Å². The molecule has 0 aromatic carbocycles. The zero-order valence-electron chi connectivity index (χ0n) is 8.90. The lowest BCUT2D eigenvalue weighted by Gasteiger charge is -1.97. The third kappa shape index (κ3) is 1.69. The van der Waals surface area contributed by atoms with Gasteiger partial charge in [0, 0.05) is 10.4 Å². The van der Waals surface area contributed by atoms with Crippen LogP contribution in [0.3, 0.4) is 0 Å². The van der Waals surface area contributed by atoms with Gasteiger partial charge in [0.2, 0.25) is 5.78 Å². The number of ketones is 1. The number of hydrogen-bond acceptors (Lipinski definition) is 4. The first-order chi connectivity index (χ1) is 7.63. The van der Waals surface area contributed by atoms with Gasteiger partial charge < -0.3 is 0 Å². The molecule has 0 aliphatic heterocycles.